The Bertz CT molecular complexity index is 2330. The Balaban J connectivity index is 0.728. The van der Waals surface area contributed by atoms with Crippen LogP contribution < -0.4 is 5.32 Å². The maximum atomic E-state index is 12.7. The molecule has 30 nitrogen and oxygen atoms in total. The van der Waals surface area contributed by atoms with Crippen molar-refractivity contribution in [3.63, 3.8) is 0 Å². The molecule has 11 aliphatic rings. The van der Waals surface area contributed by atoms with E-state index in [1.807, 2.05) is 0 Å². The van der Waals surface area contributed by atoms with Gasteiger partial charge in [0, 0.05) is 19.4 Å². The van der Waals surface area contributed by atoms with Crippen LogP contribution in [0.4, 0.5) is 0 Å². The number of piperidine rings is 1. The van der Waals surface area contributed by atoms with Gasteiger partial charge < -0.3 is 139 Å². The van der Waals surface area contributed by atoms with E-state index in [9.17, 15) is 86.5 Å². The number of hydrogen-bond acceptors (Lipinski definition) is 30. The normalized spacial score (nSPS) is 55.5. The lowest BCUT2D eigenvalue weighted by atomic mass is 9.44. The molecule has 17 N–H and O–H groups in total. The van der Waals surface area contributed by atoms with E-state index in [1.165, 1.54) is 6.92 Å². The van der Waals surface area contributed by atoms with Gasteiger partial charge in [0.2, 0.25) is 0 Å². The van der Waals surface area contributed by atoms with Gasteiger partial charge in [0.15, 0.2) is 37.2 Å². The van der Waals surface area contributed by atoms with Gasteiger partial charge in [0.05, 0.1) is 51.8 Å². The fourth-order valence-electron chi connectivity index (χ4n) is 18.0. The molecule has 0 bridgehead atoms. The fourth-order valence-corrected chi connectivity index (χ4v) is 18.0. The largest absolute Gasteiger partial charge is 0.458 e. The molecular weight excluding hydrogens is 1170 g/mol. The third kappa shape index (κ3) is 12.1. The van der Waals surface area contributed by atoms with Crippen LogP contribution in [-0.2, 0) is 61.6 Å². The molecule has 11 rings (SSSR count). The standard InChI is InChI=1S/C58H95NO29/c1-21-36-30(88-58(21)35(79-22(2)64)11-23(14-59-58)19-77-51-45(74)41(70)38(67)31(15-60)81-51)13-28-26-6-5-24-12-25(7-9-56(24,3)27(26)8-10-57(28,36)4)80-53-47(76)43(72)48(34(18-63)84-53)85-55-50(87-54-46(75)42(71)39(68)32(16-61)82-54)49(40(69)33(17-62)83-55)86-52-44(73)37(66)29(65)20-78-52/h21,23-55,59-63,65-76H,5-20H2,1-4H3/t21-,23-,24-,25-,26+,27-,28-,29+,30-,31+,32+,33+,34+,35+,36-,37-,38+,39+,40+,41-,42-,43-,44+,45+,46+,47+,48-,49-,50+,51+,52-,53+,54-,55-,56-,57-,58+/m0/s1. The predicted octanol–water partition coefficient (Wildman–Crippen LogP) is -6.36. The fraction of sp³-hybridized carbons (Fsp3) is 0.983. The van der Waals surface area contributed by atoms with Crippen LogP contribution in [0.25, 0.3) is 0 Å². The molecule has 4 saturated carbocycles. The number of fused-ring (bicyclic) bond motifs is 7. The molecule has 0 amide bonds. The van der Waals surface area contributed by atoms with Crippen molar-refractivity contribution in [3.05, 3.63) is 0 Å². The maximum Gasteiger partial charge on any atom is 0.303 e. The van der Waals surface area contributed by atoms with Gasteiger partial charge in [-0.25, -0.2) is 0 Å². The highest BCUT2D eigenvalue weighted by Crippen LogP contribution is 2.71. The van der Waals surface area contributed by atoms with E-state index in [4.69, 9.17) is 56.8 Å². The first-order valence-corrected chi connectivity index (χ1v) is 31.5. The Morgan fingerprint density at radius 1 is 0.545 bits per heavy atom. The summed E-state index contributed by atoms with van der Waals surface area (Å²) in [5.41, 5.74) is -1.09. The molecule has 7 heterocycles. The number of esters is 1. The zero-order chi connectivity index (χ0) is 63.2. The number of nitrogens with one attached hydrogen (secondary N) is 1. The number of aliphatic hydroxyl groups is 16. The van der Waals surface area contributed by atoms with E-state index >= 15 is 0 Å². The molecule has 88 heavy (non-hydrogen) atoms. The van der Waals surface area contributed by atoms with Gasteiger partial charge in [0.1, 0.15) is 122 Å². The molecule has 1 spiro atoms. The Hall–Kier alpha value is -1.65. The summed E-state index contributed by atoms with van der Waals surface area (Å²) in [5.74, 6) is 0.879. The number of rotatable bonds is 16. The van der Waals surface area contributed by atoms with Crippen molar-refractivity contribution in [2.75, 3.05) is 46.2 Å². The molecule has 11 fully saturated rings. The van der Waals surface area contributed by atoms with Crippen molar-refractivity contribution >= 4 is 5.97 Å². The van der Waals surface area contributed by atoms with E-state index in [2.05, 4.69) is 26.1 Å². The van der Waals surface area contributed by atoms with E-state index in [0.717, 1.165) is 38.5 Å². The molecular formula is C58H95NO29. The van der Waals surface area contributed by atoms with Crippen molar-refractivity contribution in [1.29, 1.82) is 0 Å². The average molecular weight is 1270 g/mol. The number of aliphatic hydroxyl groups excluding tert-OH is 16. The zero-order valence-electron chi connectivity index (χ0n) is 49.9. The molecule has 37 atom stereocenters. The topological polar surface area (TPSA) is 464 Å². The van der Waals surface area contributed by atoms with E-state index in [-0.39, 0.29) is 47.2 Å². The van der Waals surface area contributed by atoms with Gasteiger partial charge in [-0.15, -0.1) is 0 Å². The average Bonchev–Trinajstić information content (AvgIpc) is 1.50. The molecule has 7 saturated heterocycles. The quantitative estimate of drug-likeness (QED) is 0.0505. The summed E-state index contributed by atoms with van der Waals surface area (Å²) >= 11 is 0. The highest BCUT2D eigenvalue weighted by Gasteiger charge is 2.71. The molecule has 7 aliphatic heterocycles. The molecule has 0 aromatic heterocycles. The second kappa shape index (κ2) is 26.9. The summed E-state index contributed by atoms with van der Waals surface area (Å²) in [5, 5.41) is 175. The lowest BCUT2D eigenvalue weighted by molar-refractivity contribution is -0.404. The van der Waals surface area contributed by atoms with Gasteiger partial charge in [-0.05, 0) is 104 Å². The molecule has 30 heteroatoms. The number of ether oxygens (including phenoxy) is 12. The van der Waals surface area contributed by atoms with Crippen molar-refractivity contribution in [1.82, 2.24) is 5.32 Å². The highest BCUT2D eigenvalue weighted by atomic mass is 16.8. The minimum absolute atomic E-state index is 0.0503. The zero-order valence-corrected chi connectivity index (χ0v) is 49.9. The van der Waals surface area contributed by atoms with E-state index < -0.39 is 204 Å². The third-order valence-electron chi connectivity index (χ3n) is 22.7. The summed E-state index contributed by atoms with van der Waals surface area (Å²) in [7, 11) is 0. The Labute approximate surface area is 508 Å². The van der Waals surface area contributed by atoms with Crippen LogP contribution in [0.3, 0.4) is 0 Å². The lowest BCUT2D eigenvalue weighted by Gasteiger charge is -2.61. The first-order chi connectivity index (χ1) is 41.8. The summed E-state index contributed by atoms with van der Waals surface area (Å²) in [6.45, 7) is 5.16. The Kier molecular flexibility index (Phi) is 20.7. The molecule has 4 aliphatic carbocycles. The smallest absolute Gasteiger partial charge is 0.303 e. The molecule has 0 aromatic rings. The second-order valence-corrected chi connectivity index (χ2v) is 27.5. The summed E-state index contributed by atoms with van der Waals surface area (Å²) in [4.78, 5) is 12.7. The number of hydrogen-bond donors (Lipinski definition) is 17. The highest BCUT2D eigenvalue weighted by molar-refractivity contribution is 5.66. The van der Waals surface area contributed by atoms with Crippen LogP contribution in [0, 0.1) is 52.3 Å². The first-order valence-electron chi connectivity index (χ1n) is 31.5. The second-order valence-electron chi connectivity index (χ2n) is 27.5. The van der Waals surface area contributed by atoms with Crippen LogP contribution >= 0.6 is 0 Å². The molecule has 506 valence electrons. The van der Waals surface area contributed by atoms with Gasteiger partial charge in [-0.3, -0.25) is 10.1 Å². The number of carbonyl (C=O) groups is 1. The summed E-state index contributed by atoms with van der Waals surface area (Å²) in [6.07, 6.45) is -34.8. The van der Waals surface area contributed by atoms with Crippen LogP contribution in [0.2, 0.25) is 0 Å². The van der Waals surface area contributed by atoms with Crippen LogP contribution in [0.5, 0.6) is 0 Å². The monoisotopic (exact) mass is 1270 g/mol. The van der Waals surface area contributed by atoms with Crippen LogP contribution in [0.15, 0.2) is 0 Å². The molecule has 0 aromatic carbocycles. The SMILES string of the molecule is CC(=O)O[C@@H]1C[C@H](CO[C@@H]2O[C@H](CO)[C@@H](O)[C@H](O)[C@H]2O)CN[C@]12O[C@H]1C[C@H]3[C@@H]4CC[C@H]5C[C@@H](O[C@@H]6O[C@H](CO)[C@H](O[C@@H]7O[C@H](CO)[C@@H](O)[C@H](O[C@@H]8OC[C@@H](O)[C@H](O)[C@H]8O)[C@H]7O[C@@H]7O[C@H](CO)[C@@H](O)[C@H](O)[C@H]7O)[C@@H](O)[C@H]6O)CC[C@]5(C)[C@H]4CC[C@]3(C)[C@H]1[C@@H]2C. The van der Waals surface area contributed by atoms with Gasteiger partial charge >= 0.3 is 5.97 Å². The molecule has 0 radical (unpaired) electrons. The van der Waals surface area contributed by atoms with E-state index in [0.29, 0.717) is 43.6 Å². The number of carbonyl (C=O) groups excluding carboxylic acids is 1. The van der Waals surface area contributed by atoms with Crippen molar-refractivity contribution < 1.29 is 143 Å². The maximum absolute atomic E-state index is 12.7. The van der Waals surface area contributed by atoms with Gasteiger partial charge in [0.25, 0.3) is 0 Å². The van der Waals surface area contributed by atoms with Crippen molar-refractivity contribution in [2.24, 2.45) is 52.3 Å². The van der Waals surface area contributed by atoms with Crippen molar-refractivity contribution in [3.8, 4) is 0 Å². The van der Waals surface area contributed by atoms with E-state index in [1.54, 1.807) is 0 Å². The van der Waals surface area contributed by atoms with Gasteiger partial charge in [-0.2, -0.15) is 0 Å². The summed E-state index contributed by atoms with van der Waals surface area (Å²) in [6, 6.07) is 0. The third-order valence-corrected chi connectivity index (χ3v) is 22.7. The van der Waals surface area contributed by atoms with Crippen LogP contribution in [0.1, 0.15) is 85.5 Å². The molecule has 0 unspecified atom stereocenters. The summed E-state index contributed by atoms with van der Waals surface area (Å²) < 4.78 is 72.8. The van der Waals surface area contributed by atoms with Crippen LogP contribution in [-0.4, -0.2) is 305 Å². The van der Waals surface area contributed by atoms with Crippen molar-refractivity contribution in [2.45, 2.75) is 257 Å². The lowest BCUT2D eigenvalue weighted by Crippen LogP contribution is -2.68. The predicted molar refractivity (Wildman–Crippen MR) is 289 cm³/mol. The first kappa shape index (κ1) is 67.8. The Morgan fingerprint density at radius 2 is 1.11 bits per heavy atom. The minimum atomic E-state index is -2.03. The van der Waals surface area contributed by atoms with Gasteiger partial charge in [-0.1, -0.05) is 20.8 Å². The minimum Gasteiger partial charge on any atom is -0.458 e. The Morgan fingerprint density at radius 3 is 1.78 bits per heavy atom.